The van der Waals surface area contributed by atoms with Gasteiger partial charge in [-0.3, -0.25) is 0 Å². The van der Waals surface area contributed by atoms with Crippen LogP contribution in [0.1, 0.15) is 0 Å². The predicted molar refractivity (Wildman–Crippen MR) is 95.3 cm³/mol. The topological polar surface area (TPSA) is 49.0 Å². The average Bonchev–Trinajstić information content (AvgIpc) is 2.54. The van der Waals surface area contributed by atoms with Gasteiger partial charge in [-0.1, -0.05) is 17.8 Å². The van der Waals surface area contributed by atoms with Crippen molar-refractivity contribution in [3.8, 4) is 0 Å². The van der Waals surface area contributed by atoms with Gasteiger partial charge in [0.2, 0.25) is 0 Å². The average molecular weight is 354 g/mol. The molecule has 0 fully saturated rings. The SMILES string of the molecule is FC(F)Sc1ccc(NC(=S)NCCNc2ccccn2)cc1. The number of hydrogen-bond donors (Lipinski definition) is 3. The summed E-state index contributed by atoms with van der Waals surface area (Å²) in [4.78, 5) is 4.67. The van der Waals surface area contributed by atoms with E-state index < -0.39 is 5.76 Å². The molecule has 0 atom stereocenters. The number of thioether (sulfide) groups is 1. The van der Waals surface area contributed by atoms with Gasteiger partial charge in [0.15, 0.2) is 5.11 Å². The summed E-state index contributed by atoms with van der Waals surface area (Å²) in [7, 11) is 0. The lowest BCUT2D eigenvalue weighted by atomic mass is 10.3. The van der Waals surface area contributed by atoms with Gasteiger partial charge in [0, 0.05) is 29.9 Å². The number of aromatic nitrogens is 1. The molecule has 0 radical (unpaired) electrons. The Kier molecular flexibility index (Phi) is 7.02. The molecule has 23 heavy (non-hydrogen) atoms. The second-order valence-electron chi connectivity index (χ2n) is 4.43. The van der Waals surface area contributed by atoms with E-state index in [1.807, 2.05) is 18.2 Å². The molecule has 1 aromatic heterocycles. The van der Waals surface area contributed by atoms with Crippen LogP contribution in [0, 0.1) is 0 Å². The van der Waals surface area contributed by atoms with Crippen LogP contribution in [0.2, 0.25) is 0 Å². The highest BCUT2D eigenvalue weighted by atomic mass is 32.2. The fourth-order valence-corrected chi connectivity index (χ4v) is 2.45. The van der Waals surface area contributed by atoms with Gasteiger partial charge >= 0.3 is 0 Å². The molecule has 0 aliphatic rings. The molecular weight excluding hydrogens is 338 g/mol. The van der Waals surface area contributed by atoms with Crippen LogP contribution in [0.4, 0.5) is 20.3 Å². The van der Waals surface area contributed by atoms with Crippen LogP contribution < -0.4 is 16.0 Å². The highest BCUT2D eigenvalue weighted by Gasteiger charge is 2.05. The number of rotatable bonds is 7. The van der Waals surface area contributed by atoms with E-state index in [1.54, 1.807) is 30.5 Å². The smallest absolute Gasteiger partial charge is 0.288 e. The van der Waals surface area contributed by atoms with E-state index in [2.05, 4.69) is 20.9 Å². The van der Waals surface area contributed by atoms with Crippen molar-refractivity contribution in [2.75, 3.05) is 23.7 Å². The second kappa shape index (κ2) is 9.26. The molecule has 1 heterocycles. The van der Waals surface area contributed by atoms with Crippen molar-refractivity contribution in [1.29, 1.82) is 0 Å². The summed E-state index contributed by atoms with van der Waals surface area (Å²) in [5.41, 5.74) is 0.749. The number of halogens is 2. The second-order valence-corrected chi connectivity index (χ2v) is 5.90. The maximum absolute atomic E-state index is 12.2. The van der Waals surface area contributed by atoms with Crippen molar-refractivity contribution in [3.05, 3.63) is 48.7 Å². The molecular formula is C15H16F2N4S2. The van der Waals surface area contributed by atoms with Crippen LogP contribution in [0.15, 0.2) is 53.6 Å². The predicted octanol–water partition coefficient (Wildman–Crippen LogP) is 3.79. The van der Waals surface area contributed by atoms with Crippen molar-refractivity contribution >= 4 is 40.6 Å². The van der Waals surface area contributed by atoms with Gasteiger partial charge in [-0.25, -0.2) is 4.98 Å². The Morgan fingerprint density at radius 1 is 1.13 bits per heavy atom. The minimum atomic E-state index is -2.41. The number of nitrogens with zero attached hydrogens (tertiary/aromatic N) is 1. The molecule has 0 unspecified atom stereocenters. The number of benzene rings is 1. The minimum absolute atomic E-state index is 0.474. The number of thiocarbonyl (C=S) groups is 1. The molecule has 0 saturated heterocycles. The van der Waals surface area contributed by atoms with Gasteiger partial charge < -0.3 is 16.0 Å². The van der Waals surface area contributed by atoms with Crippen LogP contribution in [-0.4, -0.2) is 28.9 Å². The molecule has 8 heteroatoms. The highest BCUT2D eigenvalue weighted by Crippen LogP contribution is 2.26. The molecule has 0 aliphatic heterocycles. The van der Waals surface area contributed by atoms with Crippen molar-refractivity contribution in [2.24, 2.45) is 0 Å². The summed E-state index contributed by atoms with van der Waals surface area (Å²) in [6.45, 7) is 1.30. The summed E-state index contributed by atoms with van der Waals surface area (Å²) in [6.07, 6.45) is 1.72. The lowest BCUT2D eigenvalue weighted by molar-refractivity contribution is 0.252. The normalized spacial score (nSPS) is 10.4. The molecule has 2 aromatic rings. The van der Waals surface area contributed by atoms with Crippen molar-refractivity contribution < 1.29 is 8.78 Å². The van der Waals surface area contributed by atoms with Gasteiger partial charge in [-0.2, -0.15) is 8.78 Å². The summed E-state index contributed by atoms with van der Waals surface area (Å²) < 4.78 is 24.5. The fraction of sp³-hybridized carbons (Fsp3) is 0.200. The van der Waals surface area contributed by atoms with E-state index in [-0.39, 0.29) is 0 Å². The Morgan fingerprint density at radius 2 is 1.91 bits per heavy atom. The zero-order valence-electron chi connectivity index (χ0n) is 12.1. The quantitative estimate of drug-likeness (QED) is 0.399. The van der Waals surface area contributed by atoms with Gasteiger partial charge in [0.25, 0.3) is 5.76 Å². The van der Waals surface area contributed by atoms with E-state index in [1.165, 1.54) is 0 Å². The summed E-state index contributed by atoms with van der Waals surface area (Å²) in [5, 5.41) is 9.68. The van der Waals surface area contributed by atoms with E-state index in [9.17, 15) is 8.78 Å². The lowest BCUT2D eigenvalue weighted by Crippen LogP contribution is -2.32. The van der Waals surface area contributed by atoms with E-state index in [0.29, 0.717) is 34.9 Å². The molecule has 4 nitrogen and oxygen atoms in total. The number of anilines is 2. The van der Waals surface area contributed by atoms with Crippen molar-refractivity contribution in [1.82, 2.24) is 10.3 Å². The maximum atomic E-state index is 12.2. The molecule has 3 N–H and O–H groups in total. The van der Waals surface area contributed by atoms with E-state index >= 15 is 0 Å². The third-order valence-electron chi connectivity index (χ3n) is 2.72. The van der Waals surface area contributed by atoms with Crippen molar-refractivity contribution in [3.63, 3.8) is 0 Å². The number of nitrogens with one attached hydrogen (secondary N) is 3. The van der Waals surface area contributed by atoms with E-state index in [4.69, 9.17) is 12.2 Å². The number of hydrogen-bond acceptors (Lipinski definition) is 4. The maximum Gasteiger partial charge on any atom is 0.288 e. The molecule has 1 aromatic carbocycles. The number of pyridine rings is 1. The molecule has 2 rings (SSSR count). The largest absolute Gasteiger partial charge is 0.368 e. The molecule has 0 spiro atoms. The van der Waals surface area contributed by atoms with Gasteiger partial charge in [0.05, 0.1) is 0 Å². The summed E-state index contributed by atoms with van der Waals surface area (Å²) >= 11 is 5.70. The first-order valence-corrected chi connectivity index (χ1v) is 8.17. The molecule has 0 aliphatic carbocycles. The fourth-order valence-electron chi connectivity index (χ4n) is 1.73. The van der Waals surface area contributed by atoms with Crippen LogP contribution in [0.5, 0.6) is 0 Å². The monoisotopic (exact) mass is 354 g/mol. The molecule has 122 valence electrons. The number of alkyl halides is 2. The Hall–Kier alpha value is -1.93. The lowest BCUT2D eigenvalue weighted by Gasteiger charge is -2.11. The Bertz CT molecular complexity index is 609. The summed E-state index contributed by atoms with van der Waals surface area (Å²) in [6, 6.07) is 12.3. The zero-order chi connectivity index (χ0) is 16.5. The molecule has 0 bridgehead atoms. The highest BCUT2D eigenvalue weighted by molar-refractivity contribution is 7.99. The first-order chi connectivity index (χ1) is 11.1. The Labute approximate surface area is 143 Å². The minimum Gasteiger partial charge on any atom is -0.368 e. The van der Waals surface area contributed by atoms with Crippen LogP contribution >= 0.6 is 24.0 Å². The Balaban J connectivity index is 1.68. The summed E-state index contributed by atoms with van der Waals surface area (Å²) in [5.74, 6) is -1.61. The van der Waals surface area contributed by atoms with Crippen LogP contribution in [0.3, 0.4) is 0 Å². The van der Waals surface area contributed by atoms with Crippen LogP contribution in [0.25, 0.3) is 0 Å². The first-order valence-electron chi connectivity index (χ1n) is 6.88. The van der Waals surface area contributed by atoms with Crippen molar-refractivity contribution in [2.45, 2.75) is 10.7 Å². The van der Waals surface area contributed by atoms with Gasteiger partial charge in [-0.15, -0.1) is 0 Å². The standard InChI is InChI=1S/C15H16F2N4S2/c16-14(17)23-12-6-4-11(5-7-12)21-15(22)20-10-9-19-13-3-1-2-8-18-13/h1-8,14H,9-10H2,(H,18,19)(H2,20,21,22). The van der Waals surface area contributed by atoms with Gasteiger partial charge in [0.1, 0.15) is 5.82 Å². The molecule has 0 amide bonds. The Morgan fingerprint density at radius 3 is 2.57 bits per heavy atom. The zero-order valence-corrected chi connectivity index (χ0v) is 13.8. The molecule has 0 saturated carbocycles. The third kappa shape index (κ3) is 6.79. The van der Waals surface area contributed by atoms with E-state index in [0.717, 1.165) is 11.5 Å². The van der Waals surface area contributed by atoms with Crippen LogP contribution in [-0.2, 0) is 0 Å². The van der Waals surface area contributed by atoms with Gasteiger partial charge in [-0.05, 0) is 48.6 Å². The third-order valence-corrected chi connectivity index (χ3v) is 3.69. The first kappa shape index (κ1) is 17.4.